The van der Waals surface area contributed by atoms with Crippen LogP contribution in [0, 0.1) is 21.8 Å². The van der Waals surface area contributed by atoms with Gasteiger partial charge in [0.1, 0.15) is 17.6 Å². The lowest BCUT2D eigenvalue weighted by Crippen LogP contribution is -2.36. The molecule has 2 fully saturated rings. The first kappa shape index (κ1) is 39.6. The van der Waals surface area contributed by atoms with Gasteiger partial charge in [0.05, 0.1) is 17.2 Å². The number of carbonyl (C=O) groups is 5. The Labute approximate surface area is 309 Å². The molecule has 1 aliphatic carbocycles. The molecule has 17 nitrogen and oxygen atoms in total. The average molecular weight is 751 g/mol. The van der Waals surface area contributed by atoms with Gasteiger partial charge in [-0.3, -0.25) is 43.6 Å². The summed E-state index contributed by atoms with van der Waals surface area (Å²) < 4.78 is 21.3. The molecule has 54 heavy (non-hydrogen) atoms. The van der Waals surface area contributed by atoms with Crippen LogP contribution in [0.1, 0.15) is 101 Å². The topological polar surface area (TPSA) is 224 Å². The number of halogens is 1. The van der Waals surface area contributed by atoms with E-state index < -0.39 is 46.0 Å². The Bertz CT molecular complexity index is 1910. The van der Waals surface area contributed by atoms with E-state index >= 15 is 0 Å². The third kappa shape index (κ3) is 10.5. The van der Waals surface area contributed by atoms with Gasteiger partial charge in [0.25, 0.3) is 23.4 Å². The van der Waals surface area contributed by atoms with Crippen molar-refractivity contribution >= 4 is 52.3 Å². The third-order valence-electron chi connectivity index (χ3n) is 9.55. The van der Waals surface area contributed by atoms with Gasteiger partial charge >= 0.3 is 5.69 Å². The number of nitro groups is 1. The van der Waals surface area contributed by atoms with E-state index in [0.29, 0.717) is 69.3 Å². The maximum absolute atomic E-state index is 14.6. The fraction of sp³-hybridized carbons (Fsp3) is 0.500. The standard InChI is InChI=1S/C36H43FN8O9/c1-21(7-11-30(47)39-34-28(37)20-44(36(51)40-34)33-14-8-22(2)54-33)41-42-35(50)27-10-9-24(19-29(27)45(52)53)38-25-16-23(17-25)18-26(46)6-4-3-5-15-43-31(48)12-13-32(43)49/h9-10,12-13,19-20,22-23,25,33,38H,3-8,11,14-18H2,1-2H3,(H,42,50)(H,39,40,47,51)/b41-21+/t22-,23?,25?,33-/m1/s1. The van der Waals surface area contributed by atoms with Gasteiger partial charge in [0, 0.05) is 61.5 Å². The van der Waals surface area contributed by atoms with E-state index in [1.807, 2.05) is 6.92 Å². The minimum atomic E-state index is -0.900. The number of imide groups is 1. The van der Waals surface area contributed by atoms with Crippen LogP contribution in [0.15, 0.2) is 46.4 Å². The molecule has 2 aliphatic heterocycles. The zero-order valence-corrected chi connectivity index (χ0v) is 30.0. The first-order chi connectivity index (χ1) is 25.8. The number of anilines is 2. The molecule has 0 radical (unpaired) electrons. The van der Waals surface area contributed by atoms with Crippen LogP contribution < -0.4 is 21.7 Å². The van der Waals surface area contributed by atoms with E-state index in [1.165, 1.54) is 36.1 Å². The number of ether oxygens (including phenoxy) is 1. The Morgan fingerprint density at radius 2 is 1.80 bits per heavy atom. The van der Waals surface area contributed by atoms with Gasteiger partial charge in [-0.25, -0.2) is 14.6 Å². The number of carbonyl (C=O) groups excluding carboxylic acids is 5. The second kappa shape index (κ2) is 17.9. The molecule has 5 rings (SSSR count). The molecule has 1 aromatic heterocycles. The van der Waals surface area contributed by atoms with E-state index in [4.69, 9.17) is 4.74 Å². The van der Waals surface area contributed by atoms with E-state index in [2.05, 4.69) is 26.1 Å². The Balaban J connectivity index is 1.02. The van der Waals surface area contributed by atoms with Crippen molar-refractivity contribution in [2.24, 2.45) is 11.0 Å². The molecule has 3 heterocycles. The molecular formula is C36H43FN8O9. The second-order valence-corrected chi connectivity index (χ2v) is 13.8. The van der Waals surface area contributed by atoms with Crippen LogP contribution in [0.25, 0.3) is 0 Å². The highest BCUT2D eigenvalue weighted by Gasteiger charge is 2.31. The summed E-state index contributed by atoms with van der Waals surface area (Å²) in [4.78, 5) is 89.3. The van der Waals surface area contributed by atoms with Crippen molar-refractivity contribution in [3.63, 3.8) is 0 Å². The molecule has 0 spiro atoms. The van der Waals surface area contributed by atoms with E-state index in [1.54, 1.807) is 6.07 Å². The number of nitro benzene ring substituents is 1. The Morgan fingerprint density at radius 1 is 1.06 bits per heavy atom. The highest BCUT2D eigenvalue weighted by atomic mass is 19.1. The fourth-order valence-corrected chi connectivity index (χ4v) is 6.54. The summed E-state index contributed by atoms with van der Waals surface area (Å²) in [5, 5.41) is 21.3. The summed E-state index contributed by atoms with van der Waals surface area (Å²) in [6.45, 7) is 3.72. The minimum Gasteiger partial charge on any atom is -0.382 e. The average Bonchev–Trinajstić information content (AvgIpc) is 3.69. The first-order valence-electron chi connectivity index (χ1n) is 17.9. The molecular weight excluding hydrogens is 707 g/mol. The maximum Gasteiger partial charge on any atom is 0.351 e. The third-order valence-corrected chi connectivity index (χ3v) is 9.55. The predicted octanol–water partition coefficient (Wildman–Crippen LogP) is 4.15. The van der Waals surface area contributed by atoms with E-state index in [0.717, 1.165) is 17.2 Å². The zero-order valence-electron chi connectivity index (χ0n) is 30.0. The molecule has 1 saturated carbocycles. The SMILES string of the molecule is C/C(CCC(=O)Nc1nc(=O)n([C@H]2CC[C@@H](C)O2)cc1F)=N\NC(=O)c1ccc(NC2CC(CC(=O)CCCCCN3C(=O)C=CC3=O)C2)cc1[N+](=O)[O-]. The lowest BCUT2D eigenvalue weighted by atomic mass is 9.76. The van der Waals surface area contributed by atoms with E-state index in [-0.39, 0.29) is 54.1 Å². The van der Waals surface area contributed by atoms with Gasteiger partial charge < -0.3 is 15.4 Å². The maximum atomic E-state index is 14.6. The molecule has 2 aromatic rings. The van der Waals surface area contributed by atoms with Gasteiger partial charge in [0.15, 0.2) is 11.6 Å². The Hall–Kier alpha value is -5.65. The molecule has 0 unspecified atom stereocenters. The summed E-state index contributed by atoms with van der Waals surface area (Å²) in [6, 6.07) is 4.14. The number of rotatable bonds is 18. The second-order valence-electron chi connectivity index (χ2n) is 13.8. The van der Waals surface area contributed by atoms with Crippen molar-refractivity contribution in [1.82, 2.24) is 19.9 Å². The zero-order chi connectivity index (χ0) is 38.9. The number of benzene rings is 1. The quantitative estimate of drug-likeness (QED) is 0.0645. The van der Waals surface area contributed by atoms with Crippen molar-refractivity contribution in [3.05, 3.63) is 68.5 Å². The van der Waals surface area contributed by atoms with Crippen LogP contribution in [0.4, 0.5) is 21.6 Å². The van der Waals surface area contributed by atoms with Gasteiger partial charge in [0.2, 0.25) is 5.91 Å². The largest absolute Gasteiger partial charge is 0.382 e. The smallest absolute Gasteiger partial charge is 0.351 e. The molecule has 0 bridgehead atoms. The predicted molar refractivity (Wildman–Crippen MR) is 193 cm³/mol. The monoisotopic (exact) mass is 750 g/mol. The minimum absolute atomic E-state index is 0.0130. The van der Waals surface area contributed by atoms with Crippen molar-refractivity contribution in [1.29, 1.82) is 0 Å². The Kier molecular flexibility index (Phi) is 13.1. The van der Waals surface area contributed by atoms with Crippen molar-refractivity contribution in [2.75, 3.05) is 17.2 Å². The molecule has 18 heteroatoms. The molecule has 1 saturated heterocycles. The van der Waals surface area contributed by atoms with Gasteiger partial charge in [-0.15, -0.1) is 0 Å². The highest BCUT2D eigenvalue weighted by molar-refractivity contribution is 6.12. The summed E-state index contributed by atoms with van der Waals surface area (Å²) in [6.07, 6.45) is 8.22. The van der Waals surface area contributed by atoms with Crippen LogP contribution in [0.5, 0.6) is 0 Å². The molecule has 3 aliphatic rings. The van der Waals surface area contributed by atoms with Crippen LogP contribution in [0.2, 0.25) is 0 Å². The van der Waals surface area contributed by atoms with Gasteiger partial charge in [-0.2, -0.15) is 10.1 Å². The highest BCUT2D eigenvalue weighted by Crippen LogP contribution is 2.34. The molecule has 4 amide bonds. The number of amides is 4. The van der Waals surface area contributed by atoms with Crippen LogP contribution in [-0.2, 0) is 23.9 Å². The van der Waals surface area contributed by atoms with Crippen molar-refractivity contribution in [2.45, 2.75) is 103 Å². The molecule has 288 valence electrons. The van der Waals surface area contributed by atoms with Gasteiger partial charge in [-0.1, -0.05) is 6.42 Å². The first-order valence-corrected chi connectivity index (χ1v) is 17.9. The summed E-state index contributed by atoms with van der Waals surface area (Å²) in [5.74, 6) is -3.16. The van der Waals surface area contributed by atoms with Crippen LogP contribution >= 0.6 is 0 Å². The lowest BCUT2D eigenvalue weighted by molar-refractivity contribution is -0.385. The molecule has 2 atom stereocenters. The fourth-order valence-electron chi connectivity index (χ4n) is 6.54. The number of Topliss-reactive ketones (excluding diaryl/α,β-unsaturated/α-hetero) is 1. The number of unbranched alkanes of at least 4 members (excludes halogenated alkanes) is 2. The van der Waals surface area contributed by atoms with Crippen LogP contribution in [0.3, 0.4) is 0 Å². The lowest BCUT2D eigenvalue weighted by Gasteiger charge is -2.36. The van der Waals surface area contributed by atoms with Crippen molar-refractivity contribution < 1.29 is 38.0 Å². The molecule has 3 N–H and O–H groups in total. The number of nitrogens with zero attached hydrogens (tertiary/aromatic N) is 5. The summed E-state index contributed by atoms with van der Waals surface area (Å²) in [7, 11) is 0. The number of ketones is 1. The van der Waals surface area contributed by atoms with Crippen LogP contribution in [-0.4, -0.2) is 73.2 Å². The number of hydrogen-bond donors (Lipinski definition) is 3. The normalized spacial score (nSPS) is 20.9. The summed E-state index contributed by atoms with van der Waals surface area (Å²) >= 11 is 0. The number of hydrogen-bond acceptors (Lipinski definition) is 12. The number of aromatic nitrogens is 2. The van der Waals surface area contributed by atoms with Crippen molar-refractivity contribution in [3.8, 4) is 0 Å². The number of hydrazone groups is 1. The van der Waals surface area contributed by atoms with E-state index in [9.17, 15) is 43.3 Å². The number of nitrogens with one attached hydrogen (secondary N) is 3. The van der Waals surface area contributed by atoms with Gasteiger partial charge in [-0.05, 0) is 76.8 Å². The summed E-state index contributed by atoms with van der Waals surface area (Å²) in [5.41, 5.74) is 1.60. The Morgan fingerprint density at radius 3 is 2.48 bits per heavy atom. The molecule has 1 aromatic carbocycles.